The van der Waals surface area contributed by atoms with Gasteiger partial charge in [-0.2, -0.15) is 0 Å². The van der Waals surface area contributed by atoms with Crippen molar-refractivity contribution in [2.45, 2.75) is 13.0 Å². The highest BCUT2D eigenvalue weighted by Crippen LogP contribution is 2.19. The number of carboxylic acid groups (broad SMARTS) is 1. The number of hydrogen-bond acceptors (Lipinski definition) is 3. The quantitative estimate of drug-likeness (QED) is 0.904. The maximum atomic E-state index is 13.8. The van der Waals surface area contributed by atoms with Crippen LogP contribution in [-0.4, -0.2) is 53.6 Å². The van der Waals surface area contributed by atoms with E-state index >= 15 is 0 Å². The second-order valence-corrected chi connectivity index (χ2v) is 5.38. The van der Waals surface area contributed by atoms with Gasteiger partial charge < -0.3 is 10.0 Å². The highest BCUT2D eigenvalue weighted by Gasteiger charge is 2.18. The second kappa shape index (κ2) is 7.02. The first-order valence-corrected chi connectivity index (χ1v) is 7.03. The van der Waals surface area contributed by atoms with Crippen LogP contribution in [0.4, 0.5) is 4.39 Å². The Bertz CT molecular complexity index is 476. The van der Waals surface area contributed by atoms with Crippen LogP contribution in [0.5, 0.6) is 0 Å². The van der Waals surface area contributed by atoms with Crippen molar-refractivity contribution < 1.29 is 14.3 Å². The Labute approximate surface area is 122 Å². The summed E-state index contributed by atoms with van der Waals surface area (Å²) in [7, 11) is 0. The Balaban J connectivity index is 1.82. The van der Waals surface area contributed by atoms with Gasteiger partial charge in [-0.3, -0.25) is 9.69 Å². The zero-order valence-corrected chi connectivity index (χ0v) is 11.9. The molecule has 2 rings (SSSR count). The predicted molar refractivity (Wildman–Crippen MR) is 75.4 cm³/mol. The van der Waals surface area contributed by atoms with E-state index in [-0.39, 0.29) is 17.3 Å². The fourth-order valence-corrected chi connectivity index (χ4v) is 2.53. The number of hydrogen-bond donors (Lipinski definition) is 1. The number of piperazine rings is 1. The average molecular weight is 301 g/mol. The smallest absolute Gasteiger partial charge is 0.304 e. The van der Waals surface area contributed by atoms with Crippen molar-refractivity contribution in [1.82, 2.24) is 9.80 Å². The fourth-order valence-electron chi connectivity index (χ4n) is 2.34. The number of aliphatic carboxylic acids is 1. The van der Waals surface area contributed by atoms with Gasteiger partial charge in [-0.25, -0.2) is 4.39 Å². The van der Waals surface area contributed by atoms with Gasteiger partial charge in [-0.15, -0.1) is 0 Å². The number of halogens is 2. The van der Waals surface area contributed by atoms with E-state index in [4.69, 9.17) is 16.7 Å². The first-order chi connectivity index (χ1) is 9.56. The Morgan fingerprint density at radius 2 is 1.90 bits per heavy atom. The molecule has 1 aliphatic heterocycles. The standard InChI is InChI=1S/C14H18ClFN2O2/c15-12-3-1-2-11(14(12)16)10-18-8-6-17(7-9-18)5-4-13(19)20/h1-3H,4-10H2,(H,19,20). The Morgan fingerprint density at radius 3 is 2.55 bits per heavy atom. The van der Waals surface area contributed by atoms with E-state index in [9.17, 15) is 9.18 Å². The topological polar surface area (TPSA) is 43.8 Å². The molecule has 1 heterocycles. The molecule has 0 radical (unpaired) electrons. The largest absolute Gasteiger partial charge is 0.481 e. The van der Waals surface area contributed by atoms with Gasteiger partial charge in [0.25, 0.3) is 0 Å². The van der Waals surface area contributed by atoms with Gasteiger partial charge in [0.05, 0.1) is 11.4 Å². The predicted octanol–water partition coefficient (Wildman–Crippen LogP) is 2.07. The molecule has 0 atom stereocenters. The number of benzene rings is 1. The van der Waals surface area contributed by atoms with Crippen LogP contribution >= 0.6 is 11.6 Å². The van der Waals surface area contributed by atoms with E-state index in [2.05, 4.69) is 9.80 Å². The molecule has 4 nitrogen and oxygen atoms in total. The zero-order valence-electron chi connectivity index (χ0n) is 11.2. The third-order valence-corrected chi connectivity index (χ3v) is 3.82. The van der Waals surface area contributed by atoms with Gasteiger partial charge in [0.15, 0.2) is 0 Å². The van der Waals surface area contributed by atoms with Crippen LogP contribution in [0.2, 0.25) is 5.02 Å². The van der Waals surface area contributed by atoms with Gasteiger partial charge in [-0.05, 0) is 6.07 Å². The highest BCUT2D eigenvalue weighted by atomic mass is 35.5. The molecule has 1 aromatic carbocycles. The van der Waals surface area contributed by atoms with Crippen molar-refractivity contribution in [2.24, 2.45) is 0 Å². The number of carbonyl (C=O) groups is 1. The third kappa shape index (κ3) is 4.16. The van der Waals surface area contributed by atoms with Crippen molar-refractivity contribution in [2.75, 3.05) is 32.7 Å². The first kappa shape index (κ1) is 15.2. The summed E-state index contributed by atoms with van der Waals surface area (Å²) in [4.78, 5) is 14.8. The minimum absolute atomic E-state index is 0.155. The molecule has 0 saturated carbocycles. The van der Waals surface area contributed by atoms with Crippen LogP contribution in [0.3, 0.4) is 0 Å². The van der Waals surface area contributed by atoms with Crippen molar-refractivity contribution in [3.8, 4) is 0 Å². The van der Waals surface area contributed by atoms with E-state index in [1.165, 1.54) is 0 Å². The van der Waals surface area contributed by atoms with E-state index in [1.54, 1.807) is 18.2 Å². The SMILES string of the molecule is O=C(O)CCN1CCN(Cc2cccc(Cl)c2F)CC1. The maximum Gasteiger partial charge on any atom is 0.304 e. The van der Waals surface area contributed by atoms with E-state index in [0.29, 0.717) is 18.7 Å². The van der Waals surface area contributed by atoms with E-state index in [1.807, 2.05) is 0 Å². The minimum Gasteiger partial charge on any atom is -0.481 e. The summed E-state index contributed by atoms with van der Waals surface area (Å²) >= 11 is 5.77. The Kier molecular flexibility index (Phi) is 5.34. The van der Waals surface area contributed by atoms with Gasteiger partial charge in [0.1, 0.15) is 5.82 Å². The molecule has 110 valence electrons. The summed E-state index contributed by atoms with van der Waals surface area (Å²) in [6.45, 7) is 4.37. The first-order valence-electron chi connectivity index (χ1n) is 6.65. The maximum absolute atomic E-state index is 13.8. The molecular formula is C14H18ClFN2O2. The highest BCUT2D eigenvalue weighted by molar-refractivity contribution is 6.30. The number of nitrogens with zero attached hydrogens (tertiary/aromatic N) is 2. The Hall–Kier alpha value is -1.17. The molecule has 0 unspecified atom stereocenters. The average Bonchev–Trinajstić information content (AvgIpc) is 2.43. The fraction of sp³-hybridized carbons (Fsp3) is 0.500. The molecule has 1 N–H and O–H groups in total. The van der Waals surface area contributed by atoms with Crippen LogP contribution < -0.4 is 0 Å². The van der Waals surface area contributed by atoms with Crippen molar-refractivity contribution >= 4 is 17.6 Å². The van der Waals surface area contributed by atoms with Crippen LogP contribution in [0.15, 0.2) is 18.2 Å². The van der Waals surface area contributed by atoms with E-state index < -0.39 is 5.97 Å². The third-order valence-electron chi connectivity index (χ3n) is 3.53. The van der Waals surface area contributed by atoms with Gasteiger partial charge in [0, 0.05) is 44.8 Å². The molecule has 6 heteroatoms. The van der Waals surface area contributed by atoms with Crippen LogP contribution in [-0.2, 0) is 11.3 Å². The molecule has 1 aliphatic rings. The number of rotatable bonds is 5. The number of carboxylic acids is 1. The van der Waals surface area contributed by atoms with Crippen molar-refractivity contribution in [1.29, 1.82) is 0 Å². The van der Waals surface area contributed by atoms with Gasteiger partial charge in [0.2, 0.25) is 0 Å². The summed E-state index contributed by atoms with van der Waals surface area (Å²) in [5.41, 5.74) is 0.608. The van der Waals surface area contributed by atoms with E-state index in [0.717, 1.165) is 26.2 Å². The second-order valence-electron chi connectivity index (χ2n) is 4.97. The lowest BCUT2D eigenvalue weighted by Crippen LogP contribution is -2.46. The van der Waals surface area contributed by atoms with Crippen molar-refractivity contribution in [3.05, 3.63) is 34.6 Å². The molecule has 1 aromatic rings. The van der Waals surface area contributed by atoms with Crippen LogP contribution in [0, 0.1) is 5.82 Å². The molecule has 0 spiro atoms. The molecular weight excluding hydrogens is 283 g/mol. The van der Waals surface area contributed by atoms with Gasteiger partial charge >= 0.3 is 5.97 Å². The molecule has 0 aromatic heterocycles. The van der Waals surface area contributed by atoms with Crippen LogP contribution in [0.25, 0.3) is 0 Å². The summed E-state index contributed by atoms with van der Waals surface area (Å²) in [6, 6.07) is 5.05. The summed E-state index contributed by atoms with van der Waals surface area (Å²) in [5.74, 6) is -1.11. The normalized spacial score (nSPS) is 17.3. The lowest BCUT2D eigenvalue weighted by molar-refractivity contribution is -0.137. The summed E-state index contributed by atoms with van der Waals surface area (Å²) < 4.78 is 13.8. The molecule has 0 aliphatic carbocycles. The Morgan fingerprint density at radius 1 is 1.25 bits per heavy atom. The zero-order chi connectivity index (χ0) is 14.5. The van der Waals surface area contributed by atoms with Gasteiger partial charge in [-0.1, -0.05) is 23.7 Å². The minimum atomic E-state index is -0.770. The summed E-state index contributed by atoms with van der Waals surface area (Å²) in [6.07, 6.45) is 0.170. The molecule has 20 heavy (non-hydrogen) atoms. The molecule has 1 fully saturated rings. The molecule has 1 saturated heterocycles. The monoisotopic (exact) mass is 300 g/mol. The van der Waals surface area contributed by atoms with Crippen LogP contribution in [0.1, 0.15) is 12.0 Å². The lowest BCUT2D eigenvalue weighted by atomic mass is 10.2. The molecule has 0 amide bonds. The lowest BCUT2D eigenvalue weighted by Gasteiger charge is -2.34. The van der Waals surface area contributed by atoms with Crippen molar-refractivity contribution in [3.63, 3.8) is 0 Å². The molecule has 0 bridgehead atoms. The summed E-state index contributed by atoms with van der Waals surface area (Å²) in [5, 5.41) is 8.81.